The lowest BCUT2D eigenvalue weighted by Crippen LogP contribution is -2.18. The second kappa shape index (κ2) is 11.1. The van der Waals surface area contributed by atoms with E-state index in [1.165, 1.54) is 6.20 Å². The number of anilines is 1. The van der Waals surface area contributed by atoms with Crippen LogP contribution in [-0.4, -0.2) is 50.2 Å². The number of ketones is 1. The summed E-state index contributed by atoms with van der Waals surface area (Å²) in [5.74, 6) is -2.92. The summed E-state index contributed by atoms with van der Waals surface area (Å²) in [7, 11) is -2.26. The first-order valence-electron chi connectivity index (χ1n) is 11.5. The summed E-state index contributed by atoms with van der Waals surface area (Å²) in [5.41, 5.74) is 0.456. The number of fused-ring (bicyclic) bond motifs is 1. The molecule has 0 aliphatic carbocycles. The van der Waals surface area contributed by atoms with Crippen LogP contribution in [0.1, 0.15) is 29.3 Å². The highest BCUT2D eigenvalue weighted by atomic mass is 32.2. The van der Waals surface area contributed by atoms with E-state index in [0.29, 0.717) is 42.0 Å². The number of aromatic nitrogens is 2. The van der Waals surface area contributed by atoms with E-state index in [2.05, 4.69) is 14.7 Å². The molecule has 0 unspecified atom stereocenters. The van der Waals surface area contributed by atoms with Gasteiger partial charge < -0.3 is 14.5 Å². The standard InChI is InChI=1S/C26H25F2N3O5S/c1-3-12-37(33,34)31-22-9-8-21(27)23(24(22)28)25(32)20-15-30-26-19(20)13-17(14-29-26)16-4-6-18(7-5-16)36-11-10-35-2/h4-9,13-15,31H,3,10-12H2,1-2H3,(H,29,30). The largest absolute Gasteiger partial charge is 0.491 e. The minimum atomic E-state index is -3.85. The highest BCUT2D eigenvalue weighted by Crippen LogP contribution is 2.30. The van der Waals surface area contributed by atoms with Gasteiger partial charge in [-0.2, -0.15) is 0 Å². The number of rotatable bonds is 11. The first kappa shape index (κ1) is 26.2. The second-order valence-corrected chi connectivity index (χ2v) is 10.1. The molecule has 0 saturated carbocycles. The number of nitrogens with one attached hydrogen (secondary N) is 2. The number of aromatic amines is 1. The maximum Gasteiger partial charge on any atom is 0.232 e. The van der Waals surface area contributed by atoms with Gasteiger partial charge in [-0.3, -0.25) is 9.52 Å². The van der Waals surface area contributed by atoms with E-state index in [1.54, 1.807) is 38.4 Å². The Balaban J connectivity index is 1.67. The van der Waals surface area contributed by atoms with E-state index < -0.39 is 38.7 Å². The summed E-state index contributed by atoms with van der Waals surface area (Å²) in [5, 5.41) is 0.360. The number of sulfonamides is 1. The Morgan fingerprint density at radius 1 is 1.08 bits per heavy atom. The van der Waals surface area contributed by atoms with Gasteiger partial charge >= 0.3 is 0 Å². The van der Waals surface area contributed by atoms with Crippen LogP contribution in [0.25, 0.3) is 22.2 Å². The molecule has 2 N–H and O–H groups in total. The molecular weight excluding hydrogens is 504 g/mol. The van der Waals surface area contributed by atoms with E-state index in [1.807, 2.05) is 12.1 Å². The zero-order chi connectivity index (χ0) is 26.6. The van der Waals surface area contributed by atoms with Crippen LogP contribution in [0.3, 0.4) is 0 Å². The number of benzene rings is 2. The summed E-state index contributed by atoms with van der Waals surface area (Å²) < 4.78 is 66.7. The lowest BCUT2D eigenvalue weighted by atomic mass is 10.00. The van der Waals surface area contributed by atoms with Crippen LogP contribution in [0.5, 0.6) is 5.75 Å². The molecular formula is C26H25F2N3O5S. The van der Waals surface area contributed by atoms with E-state index in [-0.39, 0.29) is 11.3 Å². The lowest BCUT2D eigenvalue weighted by molar-refractivity contribution is 0.103. The minimum Gasteiger partial charge on any atom is -0.491 e. The summed E-state index contributed by atoms with van der Waals surface area (Å²) in [6.45, 7) is 2.52. The topological polar surface area (TPSA) is 110 Å². The molecule has 0 atom stereocenters. The number of carbonyl (C=O) groups is 1. The monoisotopic (exact) mass is 529 g/mol. The van der Waals surface area contributed by atoms with Gasteiger partial charge in [0.15, 0.2) is 5.82 Å². The van der Waals surface area contributed by atoms with Crippen LogP contribution >= 0.6 is 0 Å². The first-order valence-corrected chi connectivity index (χ1v) is 13.1. The number of halogens is 2. The highest BCUT2D eigenvalue weighted by Gasteiger charge is 2.26. The molecule has 0 aliphatic heterocycles. The second-order valence-electron chi connectivity index (χ2n) is 8.22. The Morgan fingerprint density at radius 3 is 2.54 bits per heavy atom. The van der Waals surface area contributed by atoms with Crippen LogP contribution < -0.4 is 9.46 Å². The fourth-order valence-corrected chi connectivity index (χ4v) is 4.93. The number of nitrogens with zero attached hydrogens (tertiary/aromatic N) is 1. The van der Waals surface area contributed by atoms with Crippen molar-refractivity contribution in [2.24, 2.45) is 0 Å². The normalized spacial score (nSPS) is 11.6. The van der Waals surface area contributed by atoms with E-state index in [9.17, 15) is 17.6 Å². The van der Waals surface area contributed by atoms with Gasteiger partial charge in [0.1, 0.15) is 23.8 Å². The molecule has 0 saturated heterocycles. The molecule has 2 heterocycles. The molecule has 2 aromatic heterocycles. The van der Waals surface area contributed by atoms with Crippen LogP contribution in [0.15, 0.2) is 54.9 Å². The fourth-order valence-electron chi connectivity index (χ4n) is 3.80. The van der Waals surface area contributed by atoms with Gasteiger partial charge in [-0.05, 0) is 42.3 Å². The number of pyridine rings is 1. The molecule has 0 aliphatic rings. The molecule has 11 heteroatoms. The number of methoxy groups -OCH3 is 1. The van der Waals surface area contributed by atoms with Gasteiger partial charge in [-0.15, -0.1) is 0 Å². The van der Waals surface area contributed by atoms with Gasteiger partial charge in [0.2, 0.25) is 15.8 Å². The Bertz CT molecular complexity index is 1540. The molecule has 0 bridgehead atoms. The minimum absolute atomic E-state index is 0.00441. The molecule has 0 fully saturated rings. The summed E-state index contributed by atoms with van der Waals surface area (Å²) >= 11 is 0. The average Bonchev–Trinajstić information content (AvgIpc) is 3.30. The molecule has 37 heavy (non-hydrogen) atoms. The molecule has 0 amide bonds. The van der Waals surface area contributed by atoms with Gasteiger partial charge in [-0.1, -0.05) is 19.1 Å². The van der Waals surface area contributed by atoms with Gasteiger partial charge in [-0.25, -0.2) is 22.2 Å². The SMILES string of the molecule is CCCS(=O)(=O)Nc1ccc(F)c(C(=O)c2c[nH]c3ncc(-c4ccc(OCCOC)cc4)cc23)c1F. The third-order valence-electron chi connectivity index (χ3n) is 5.58. The Labute approximate surface area is 212 Å². The van der Waals surface area contributed by atoms with Crippen LogP contribution in [0.2, 0.25) is 0 Å². The zero-order valence-corrected chi connectivity index (χ0v) is 21.0. The number of hydrogen-bond donors (Lipinski definition) is 2. The van der Waals surface area contributed by atoms with Gasteiger partial charge in [0.25, 0.3) is 0 Å². The van der Waals surface area contributed by atoms with Crippen LogP contribution in [-0.2, 0) is 14.8 Å². The number of ether oxygens (including phenoxy) is 2. The van der Waals surface area contributed by atoms with Crippen molar-refractivity contribution < 1.29 is 31.5 Å². The van der Waals surface area contributed by atoms with Gasteiger partial charge in [0, 0.05) is 36.0 Å². The van der Waals surface area contributed by atoms with Crippen LogP contribution in [0, 0.1) is 11.6 Å². The lowest BCUT2D eigenvalue weighted by Gasteiger charge is -2.11. The third kappa shape index (κ3) is 5.78. The summed E-state index contributed by atoms with van der Waals surface area (Å²) in [6, 6.07) is 10.7. The zero-order valence-electron chi connectivity index (χ0n) is 20.2. The van der Waals surface area contributed by atoms with Crippen molar-refractivity contribution in [3.05, 3.63) is 77.6 Å². The molecule has 2 aromatic carbocycles. The Kier molecular flexibility index (Phi) is 7.84. The summed E-state index contributed by atoms with van der Waals surface area (Å²) in [6.07, 6.45) is 3.24. The highest BCUT2D eigenvalue weighted by molar-refractivity contribution is 7.92. The Morgan fingerprint density at radius 2 is 1.84 bits per heavy atom. The molecule has 0 spiro atoms. The smallest absolute Gasteiger partial charge is 0.232 e. The molecule has 4 rings (SSSR count). The van der Waals surface area contributed by atoms with E-state index in [4.69, 9.17) is 9.47 Å². The van der Waals surface area contributed by atoms with Crippen molar-refractivity contribution >= 4 is 32.5 Å². The van der Waals surface area contributed by atoms with E-state index in [0.717, 1.165) is 17.7 Å². The first-order chi connectivity index (χ1) is 17.7. The predicted molar refractivity (Wildman–Crippen MR) is 136 cm³/mol. The maximum absolute atomic E-state index is 15.2. The Hall–Kier alpha value is -3.83. The predicted octanol–water partition coefficient (Wildman–Crippen LogP) is 4.92. The fraction of sp³-hybridized carbons (Fsp3) is 0.231. The molecule has 0 radical (unpaired) electrons. The molecule has 8 nitrogen and oxygen atoms in total. The van der Waals surface area contributed by atoms with Crippen molar-refractivity contribution in [3.8, 4) is 16.9 Å². The number of hydrogen-bond acceptors (Lipinski definition) is 6. The maximum atomic E-state index is 15.2. The van der Waals surface area contributed by atoms with Crippen molar-refractivity contribution in [1.82, 2.24) is 9.97 Å². The third-order valence-corrected chi connectivity index (χ3v) is 7.05. The van der Waals surface area contributed by atoms with Crippen molar-refractivity contribution in [3.63, 3.8) is 0 Å². The molecule has 4 aromatic rings. The van der Waals surface area contributed by atoms with E-state index >= 15 is 4.39 Å². The van der Waals surface area contributed by atoms with Crippen molar-refractivity contribution in [2.45, 2.75) is 13.3 Å². The van der Waals surface area contributed by atoms with Crippen molar-refractivity contribution in [2.75, 3.05) is 30.8 Å². The average molecular weight is 530 g/mol. The molecule has 194 valence electrons. The van der Waals surface area contributed by atoms with Gasteiger partial charge in [0.05, 0.1) is 23.6 Å². The quantitative estimate of drug-likeness (QED) is 0.211. The van der Waals surface area contributed by atoms with Crippen LogP contribution in [0.4, 0.5) is 14.5 Å². The number of H-pyrrole nitrogens is 1. The summed E-state index contributed by atoms with van der Waals surface area (Å²) in [4.78, 5) is 20.5. The van der Waals surface area contributed by atoms with Crippen molar-refractivity contribution in [1.29, 1.82) is 0 Å². The number of carbonyl (C=O) groups excluding carboxylic acids is 1.